The van der Waals surface area contributed by atoms with Crippen molar-refractivity contribution in [2.75, 3.05) is 5.32 Å². The van der Waals surface area contributed by atoms with Gasteiger partial charge >= 0.3 is 0 Å². The summed E-state index contributed by atoms with van der Waals surface area (Å²) in [5, 5.41) is 12.5. The molecular weight excluding hydrogens is 382 g/mol. The monoisotopic (exact) mass is 401 g/mol. The molecule has 1 N–H and O–H groups in total. The van der Waals surface area contributed by atoms with Crippen LogP contribution in [0.15, 0.2) is 47.9 Å². The highest BCUT2D eigenvalue weighted by Crippen LogP contribution is 2.28. The van der Waals surface area contributed by atoms with E-state index in [0.29, 0.717) is 16.7 Å². The lowest BCUT2D eigenvalue weighted by molar-refractivity contribution is -0.115. The van der Waals surface area contributed by atoms with Gasteiger partial charge in [0.15, 0.2) is 11.0 Å². The number of hydrogen-bond acceptors (Lipinski definition) is 5. The highest BCUT2D eigenvalue weighted by atomic mass is 35.5. The minimum Gasteiger partial charge on any atom is -0.325 e. The third-order valence-corrected chi connectivity index (χ3v) is 5.40. The molecule has 0 saturated heterocycles. The molecule has 3 aromatic rings. The lowest BCUT2D eigenvalue weighted by atomic mass is 10.2. The predicted molar refractivity (Wildman–Crippen MR) is 109 cm³/mol. The van der Waals surface area contributed by atoms with Crippen LogP contribution in [0.3, 0.4) is 0 Å². The van der Waals surface area contributed by atoms with Crippen LogP contribution in [0.1, 0.15) is 19.4 Å². The number of benzene rings is 1. The number of carbonyl (C=O) groups is 1. The van der Waals surface area contributed by atoms with E-state index in [2.05, 4.69) is 20.5 Å². The van der Waals surface area contributed by atoms with Crippen LogP contribution in [-0.2, 0) is 11.3 Å². The van der Waals surface area contributed by atoms with Crippen molar-refractivity contribution < 1.29 is 4.79 Å². The van der Waals surface area contributed by atoms with Gasteiger partial charge in [0.25, 0.3) is 0 Å². The van der Waals surface area contributed by atoms with E-state index < -0.39 is 0 Å². The van der Waals surface area contributed by atoms with Crippen LogP contribution in [0.4, 0.5) is 5.69 Å². The van der Waals surface area contributed by atoms with Gasteiger partial charge in [0, 0.05) is 35.2 Å². The Balaban J connectivity index is 1.76. The largest absolute Gasteiger partial charge is 0.325 e. The summed E-state index contributed by atoms with van der Waals surface area (Å²) >= 11 is 7.40. The Kier molecular flexibility index (Phi) is 6.13. The van der Waals surface area contributed by atoms with E-state index in [1.807, 2.05) is 43.5 Å². The van der Waals surface area contributed by atoms with Gasteiger partial charge in [-0.2, -0.15) is 0 Å². The van der Waals surface area contributed by atoms with Gasteiger partial charge < -0.3 is 9.88 Å². The van der Waals surface area contributed by atoms with Crippen LogP contribution < -0.4 is 5.32 Å². The van der Waals surface area contributed by atoms with Crippen molar-refractivity contribution in [2.24, 2.45) is 0 Å². The van der Waals surface area contributed by atoms with Gasteiger partial charge in [0.05, 0.1) is 5.25 Å². The first-order chi connectivity index (χ1) is 13.0. The molecule has 1 aromatic carbocycles. The molecule has 0 bridgehead atoms. The number of pyridine rings is 1. The fourth-order valence-corrected chi connectivity index (χ4v) is 3.64. The number of thioether (sulfide) groups is 1. The quantitative estimate of drug-likeness (QED) is 0.618. The molecule has 0 unspecified atom stereocenters. The highest BCUT2D eigenvalue weighted by molar-refractivity contribution is 8.00. The Bertz CT molecular complexity index is 945. The first kappa shape index (κ1) is 19.4. The van der Waals surface area contributed by atoms with E-state index in [1.165, 1.54) is 11.8 Å². The summed E-state index contributed by atoms with van der Waals surface area (Å²) in [5.74, 6) is 0.655. The zero-order valence-corrected chi connectivity index (χ0v) is 16.9. The SMILES string of the molecule is CCn1c(S[C@H](C)C(=O)Nc2cc(Cl)ccc2C)nnc1-c1ccncc1. The molecule has 27 heavy (non-hydrogen) atoms. The number of amides is 1. The normalized spacial score (nSPS) is 12.0. The number of anilines is 1. The van der Waals surface area contributed by atoms with Crippen LogP contribution in [0.25, 0.3) is 11.4 Å². The maximum absolute atomic E-state index is 12.6. The number of carbonyl (C=O) groups excluding carboxylic acids is 1. The van der Waals surface area contributed by atoms with Crippen molar-refractivity contribution in [3.8, 4) is 11.4 Å². The molecule has 3 rings (SSSR count). The summed E-state index contributed by atoms with van der Waals surface area (Å²) in [7, 11) is 0. The number of nitrogens with one attached hydrogen (secondary N) is 1. The first-order valence-corrected chi connectivity index (χ1v) is 9.82. The molecule has 0 spiro atoms. The molecule has 8 heteroatoms. The second-order valence-electron chi connectivity index (χ2n) is 5.99. The van der Waals surface area contributed by atoms with Crippen molar-refractivity contribution in [3.05, 3.63) is 53.3 Å². The van der Waals surface area contributed by atoms with Gasteiger partial charge in [0.2, 0.25) is 5.91 Å². The fraction of sp³-hybridized carbons (Fsp3) is 0.263. The zero-order valence-electron chi connectivity index (χ0n) is 15.3. The van der Waals surface area contributed by atoms with E-state index >= 15 is 0 Å². The van der Waals surface area contributed by atoms with Gasteiger partial charge in [-0.3, -0.25) is 9.78 Å². The van der Waals surface area contributed by atoms with E-state index in [9.17, 15) is 4.79 Å². The number of nitrogens with zero attached hydrogens (tertiary/aromatic N) is 4. The molecule has 2 aromatic heterocycles. The molecule has 0 radical (unpaired) electrons. The third kappa shape index (κ3) is 4.48. The Labute approximate surface area is 167 Å². The minimum atomic E-state index is -0.344. The average Bonchev–Trinajstić information content (AvgIpc) is 3.07. The average molecular weight is 402 g/mol. The smallest absolute Gasteiger partial charge is 0.237 e. The van der Waals surface area contributed by atoms with Crippen molar-refractivity contribution in [1.82, 2.24) is 19.7 Å². The summed E-state index contributed by atoms with van der Waals surface area (Å²) in [6.07, 6.45) is 3.44. The molecule has 140 valence electrons. The molecule has 0 saturated carbocycles. The molecule has 1 atom stereocenters. The fourth-order valence-electron chi connectivity index (χ4n) is 2.55. The van der Waals surface area contributed by atoms with Crippen molar-refractivity contribution >= 4 is 35.0 Å². The van der Waals surface area contributed by atoms with Crippen molar-refractivity contribution in [3.63, 3.8) is 0 Å². The van der Waals surface area contributed by atoms with Crippen molar-refractivity contribution in [1.29, 1.82) is 0 Å². The van der Waals surface area contributed by atoms with Crippen LogP contribution in [0.5, 0.6) is 0 Å². The second kappa shape index (κ2) is 8.54. The standard InChI is InChI=1S/C19H20ClN5OS/c1-4-25-17(14-7-9-21-10-8-14)23-24-19(25)27-13(3)18(26)22-16-11-15(20)6-5-12(16)2/h5-11,13H,4H2,1-3H3,(H,22,26)/t13-/m1/s1. The molecular formula is C19H20ClN5OS. The van der Waals surface area contributed by atoms with Gasteiger partial charge in [-0.15, -0.1) is 10.2 Å². The summed E-state index contributed by atoms with van der Waals surface area (Å²) in [6.45, 7) is 6.51. The lowest BCUT2D eigenvalue weighted by Crippen LogP contribution is -2.23. The molecule has 0 aliphatic rings. The number of aromatic nitrogens is 4. The number of hydrogen-bond donors (Lipinski definition) is 1. The third-order valence-electron chi connectivity index (χ3n) is 4.08. The molecule has 1 amide bonds. The Hall–Kier alpha value is -2.38. The maximum Gasteiger partial charge on any atom is 0.237 e. The topological polar surface area (TPSA) is 72.7 Å². The molecule has 6 nitrogen and oxygen atoms in total. The summed E-state index contributed by atoms with van der Waals surface area (Å²) < 4.78 is 1.99. The lowest BCUT2D eigenvalue weighted by Gasteiger charge is -2.14. The predicted octanol–water partition coefficient (Wildman–Crippen LogP) is 4.44. The first-order valence-electron chi connectivity index (χ1n) is 8.57. The molecule has 0 aliphatic carbocycles. The minimum absolute atomic E-state index is 0.110. The van der Waals surface area contributed by atoms with E-state index in [1.54, 1.807) is 24.5 Å². The van der Waals surface area contributed by atoms with Crippen LogP contribution in [-0.4, -0.2) is 30.9 Å². The summed E-state index contributed by atoms with van der Waals surface area (Å²) in [5.41, 5.74) is 2.62. The van der Waals surface area contributed by atoms with Gasteiger partial charge in [0.1, 0.15) is 0 Å². The molecule has 0 aliphatic heterocycles. The van der Waals surface area contributed by atoms with Gasteiger partial charge in [-0.05, 0) is 50.6 Å². The molecule has 0 fully saturated rings. The van der Waals surface area contributed by atoms with E-state index in [4.69, 9.17) is 11.6 Å². The van der Waals surface area contributed by atoms with Crippen molar-refractivity contribution in [2.45, 2.75) is 37.7 Å². The van der Waals surface area contributed by atoms with Crippen LogP contribution >= 0.6 is 23.4 Å². The van der Waals surface area contributed by atoms with Crippen LogP contribution in [0.2, 0.25) is 5.02 Å². The Morgan fingerprint density at radius 3 is 2.70 bits per heavy atom. The Morgan fingerprint density at radius 2 is 2.00 bits per heavy atom. The summed E-state index contributed by atoms with van der Waals surface area (Å²) in [6, 6.07) is 9.22. The Morgan fingerprint density at radius 1 is 1.26 bits per heavy atom. The maximum atomic E-state index is 12.6. The molecule has 2 heterocycles. The number of rotatable bonds is 6. The zero-order chi connectivity index (χ0) is 19.4. The van der Waals surface area contributed by atoms with E-state index in [0.717, 1.165) is 22.6 Å². The number of halogens is 1. The van der Waals surface area contributed by atoms with E-state index in [-0.39, 0.29) is 11.2 Å². The second-order valence-corrected chi connectivity index (χ2v) is 7.74. The summed E-state index contributed by atoms with van der Waals surface area (Å²) in [4.78, 5) is 16.6. The van der Waals surface area contributed by atoms with Gasteiger partial charge in [-0.25, -0.2) is 0 Å². The number of aryl methyl sites for hydroxylation is 1. The van der Waals surface area contributed by atoms with Gasteiger partial charge in [-0.1, -0.05) is 29.4 Å². The van der Waals surface area contributed by atoms with Crippen LogP contribution in [0, 0.1) is 6.92 Å². The highest BCUT2D eigenvalue weighted by Gasteiger charge is 2.21.